The van der Waals surface area contributed by atoms with Crippen LogP contribution in [-0.2, 0) is 10.0 Å². The molecule has 4 nitrogen and oxygen atoms in total. The second-order valence-corrected chi connectivity index (χ2v) is 8.30. The van der Waals surface area contributed by atoms with E-state index in [0.717, 1.165) is 12.8 Å². The van der Waals surface area contributed by atoms with Crippen LogP contribution in [0, 0.1) is 5.92 Å². The maximum Gasteiger partial charge on any atom is 0.244 e. The molecular formula is C12H16BrClN2O2S. The van der Waals surface area contributed by atoms with Gasteiger partial charge in [-0.2, -0.15) is 4.31 Å². The van der Waals surface area contributed by atoms with E-state index in [1.807, 2.05) is 6.92 Å². The quantitative estimate of drug-likeness (QED) is 0.772. The summed E-state index contributed by atoms with van der Waals surface area (Å²) in [4.78, 5) is 4.15. The fraction of sp³-hybridized carbons (Fsp3) is 0.583. The lowest BCUT2D eigenvalue weighted by molar-refractivity contribution is 0.271. The summed E-state index contributed by atoms with van der Waals surface area (Å²) < 4.78 is 27.1. The average Bonchev–Trinajstić information content (AvgIpc) is 2.39. The monoisotopic (exact) mass is 366 g/mol. The van der Waals surface area contributed by atoms with Crippen molar-refractivity contribution in [2.24, 2.45) is 5.92 Å². The number of pyridine rings is 1. The van der Waals surface area contributed by atoms with E-state index in [2.05, 4.69) is 20.9 Å². The molecule has 0 aliphatic carbocycles. The zero-order chi connectivity index (χ0) is 14.0. The van der Waals surface area contributed by atoms with Crippen LogP contribution < -0.4 is 0 Å². The summed E-state index contributed by atoms with van der Waals surface area (Å²) >= 11 is 9.32. The van der Waals surface area contributed by atoms with Crippen LogP contribution >= 0.6 is 27.5 Å². The van der Waals surface area contributed by atoms with Gasteiger partial charge >= 0.3 is 0 Å². The molecule has 1 atom stereocenters. The first-order valence-corrected chi connectivity index (χ1v) is 8.83. The number of alkyl halides is 1. The standard InChI is InChI=1S/C12H16BrClN2O2S/c1-9(14)10-2-4-16(5-3-10)19(17,18)12-6-11(13)7-15-8-12/h6-10H,2-5H2,1H3. The summed E-state index contributed by atoms with van der Waals surface area (Å²) in [7, 11) is -3.44. The molecule has 106 valence electrons. The van der Waals surface area contributed by atoms with E-state index in [-0.39, 0.29) is 10.3 Å². The van der Waals surface area contributed by atoms with Crippen molar-refractivity contribution in [1.82, 2.24) is 9.29 Å². The Morgan fingerprint density at radius 2 is 2.05 bits per heavy atom. The van der Waals surface area contributed by atoms with Crippen LogP contribution in [0.3, 0.4) is 0 Å². The Labute approximate surface area is 127 Å². The minimum atomic E-state index is -3.44. The van der Waals surface area contributed by atoms with Crippen molar-refractivity contribution in [2.45, 2.75) is 30.0 Å². The molecule has 1 aliphatic heterocycles. The van der Waals surface area contributed by atoms with E-state index in [4.69, 9.17) is 11.6 Å². The van der Waals surface area contributed by atoms with Gasteiger partial charge in [-0.1, -0.05) is 0 Å². The minimum absolute atomic E-state index is 0.0948. The lowest BCUT2D eigenvalue weighted by atomic mass is 9.95. The molecule has 0 N–H and O–H groups in total. The Hall–Kier alpha value is -0.170. The molecule has 1 aromatic heterocycles. The summed E-state index contributed by atoms with van der Waals surface area (Å²) in [6.45, 7) is 3.02. The van der Waals surface area contributed by atoms with Crippen LogP contribution in [0.1, 0.15) is 19.8 Å². The molecule has 19 heavy (non-hydrogen) atoms. The first-order valence-electron chi connectivity index (χ1n) is 6.16. The molecule has 1 saturated heterocycles. The highest BCUT2D eigenvalue weighted by Gasteiger charge is 2.31. The third kappa shape index (κ3) is 3.48. The second kappa shape index (κ2) is 6.08. The van der Waals surface area contributed by atoms with Gasteiger partial charge in [0.05, 0.1) is 0 Å². The normalized spacial score (nSPS) is 20.4. The van der Waals surface area contributed by atoms with Gasteiger partial charge in [0.25, 0.3) is 0 Å². The Balaban J connectivity index is 2.14. The molecule has 0 radical (unpaired) electrons. The highest BCUT2D eigenvalue weighted by Crippen LogP contribution is 2.28. The minimum Gasteiger partial charge on any atom is -0.262 e. The number of sulfonamides is 1. The van der Waals surface area contributed by atoms with Gasteiger partial charge in [-0.25, -0.2) is 8.42 Å². The predicted molar refractivity (Wildman–Crippen MR) is 78.7 cm³/mol. The van der Waals surface area contributed by atoms with Crippen molar-refractivity contribution < 1.29 is 8.42 Å². The van der Waals surface area contributed by atoms with Gasteiger partial charge in [0.1, 0.15) is 4.90 Å². The lowest BCUT2D eigenvalue weighted by Crippen LogP contribution is -2.40. The molecule has 0 saturated carbocycles. The van der Waals surface area contributed by atoms with Crippen molar-refractivity contribution in [1.29, 1.82) is 0 Å². The summed E-state index contributed by atoms with van der Waals surface area (Å²) in [5.41, 5.74) is 0. The van der Waals surface area contributed by atoms with E-state index < -0.39 is 10.0 Å². The predicted octanol–water partition coefficient (Wildman–Crippen LogP) is 2.87. The molecule has 1 aromatic rings. The number of hydrogen-bond donors (Lipinski definition) is 0. The van der Waals surface area contributed by atoms with Crippen LogP contribution in [0.15, 0.2) is 27.8 Å². The largest absolute Gasteiger partial charge is 0.262 e. The van der Waals surface area contributed by atoms with Crippen LogP contribution in [0.4, 0.5) is 0 Å². The molecule has 7 heteroatoms. The molecule has 0 spiro atoms. The summed E-state index contributed by atoms with van der Waals surface area (Å²) in [6.07, 6.45) is 4.58. The smallest absolute Gasteiger partial charge is 0.244 e. The lowest BCUT2D eigenvalue weighted by Gasteiger charge is -2.32. The summed E-state index contributed by atoms with van der Waals surface area (Å²) in [5, 5.41) is 0.0948. The number of hydrogen-bond acceptors (Lipinski definition) is 3. The van der Waals surface area contributed by atoms with E-state index in [0.29, 0.717) is 23.5 Å². The highest BCUT2D eigenvalue weighted by atomic mass is 79.9. The summed E-state index contributed by atoms with van der Waals surface area (Å²) in [6, 6.07) is 1.58. The zero-order valence-corrected chi connectivity index (χ0v) is 13.7. The number of aromatic nitrogens is 1. The van der Waals surface area contributed by atoms with Gasteiger partial charge in [-0.3, -0.25) is 4.98 Å². The maximum atomic E-state index is 12.4. The molecule has 0 bridgehead atoms. The van der Waals surface area contributed by atoms with E-state index in [1.54, 1.807) is 12.3 Å². The average molecular weight is 368 g/mol. The van der Waals surface area contributed by atoms with Crippen LogP contribution in [0.2, 0.25) is 0 Å². The SMILES string of the molecule is CC(Cl)C1CCN(S(=O)(=O)c2cncc(Br)c2)CC1. The molecule has 1 fully saturated rings. The Morgan fingerprint density at radius 1 is 1.42 bits per heavy atom. The van der Waals surface area contributed by atoms with Gasteiger partial charge < -0.3 is 0 Å². The third-order valence-electron chi connectivity index (χ3n) is 3.47. The molecule has 2 heterocycles. The Bertz CT molecular complexity index is 542. The summed E-state index contributed by atoms with van der Waals surface area (Å²) in [5.74, 6) is 0.397. The van der Waals surface area contributed by atoms with Crippen molar-refractivity contribution >= 4 is 37.6 Å². The first kappa shape index (κ1) is 15.2. The number of nitrogens with zero attached hydrogens (tertiary/aromatic N) is 2. The molecule has 2 rings (SSSR count). The van der Waals surface area contributed by atoms with Crippen molar-refractivity contribution in [3.63, 3.8) is 0 Å². The highest BCUT2D eigenvalue weighted by molar-refractivity contribution is 9.10. The fourth-order valence-electron chi connectivity index (χ4n) is 2.26. The van der Waals surface area contributed by atoms with E-state index >= 15 is 0 Å². The molecule has 0 aromatic carbocycles. The van der Waals surface area contributed by atoms with E-state index in [1.165, 1.54) is 10.5 Å². The van der Waals surface area contributed by atoms with E-state index in [9.17, 15) is 8.42 Å². The number of halogens is 2. The van der Waals surface area contributed by atoms with Crippen molar-refractivity contribution in [3.8, 4) is 0 Å². The zero-order valence-electron chi connectivity index (χ0n) is 10.6. The van der Waals surface area contributed by atoms with Gasteiger partial charge in [0, 0.05) is 35.3 Å². The molecule has 1 aliphatic rings. The van der Waals surface area contributed by atoms with Gasteiger partial charge in [0.15, 0.2) is 0 Å². The van der Waals surface area contributed by atoms with Crippen molar-refractivity contribution in [2.75, 3.05) is 13.1 Å². The van der Waals surface area contributed by atoms with Crippen LogP contribution in [0.5, 0.6) is 0 Å². The second-order valence-electron chi connectivity index (χ2n) is 4.76. The fourth-order valence-corrected chi connectivity index (χ4v) is 4.49. The Morgan fingerprint density at radius 3 is 2.58 bits per heavy atom. The Kier molecular flexibility index (Phi) is 4.87. The third-order valence-corrected chi connectivity index (χ3v) is 6.12. The molecule has 1 unspecified atom stereocenters. The molecular weight excluding hydrogens is 352 g/mol. The van der Waals surface area contributed by atoms with Gasteiger partial charge in [-0.05, 0) is 47.7 Å². The number of piperidine rings is 1. The van der Waals surface area contributed by atoms with Crippen LogP contribution in [0.25, 0.3) is 0 Å². The van der Waals surface area contributed by atoms with Gasteiger partial charge in [-0.15, -0.1) is 11.6 Å². The maximum absolute atomic E-state index is 12.4. The van der Waals surface area contributed by atoms with Gasteiger partial charge in [0.2, 0.25) is 10.0 Å². The van der Waals surface area contributed by atoms with Crippen LogP contribution in [-0.4, -0.2) is 36.2 Å². The topological polar surface area (TPSA) is 50.3 Å². The first-order chi connectivity index (χ1) is 8.91. The molecule has 0 amide bonds. The van der Waals surface area contributed by atoms with Crippen molar-refractivity contribution in [3.05, 3.63) is 22.9 Å². The number of rotatable bonds is 3.